The maximum atomic E-state index is 13.0. The van der Waals surface area contributed by atoms with Gasteiger partial charge in [0, 0.05) is 36.5 Å². The third-order valence-corrected chi connectivity index (χ3v) is 5.81. The fourth-order valence-corrected chi connectivity index (χ4v) is 4.02. The molecule has 2 rings (SSSR count). The molecule has 0 fully saturated rings. The minimum absolute atomic E-state index is 0.245. The normalized spacial score (nSPS) is 12.6. The van der Waals surface area contributed by atoms with Crippen molar-refractivity contribution in [3.63, 3.8) is 0 Å². The van der Waals surface area contributed by atoms with Gasteiger partial charge in [-0.3, -0.25) is 4.79 Å². The Bertz CT molecular complexity index is 693. The van der Waals surface area contributed by atoms with Crippen LogP contribution < -0.4 is 0 Å². The smallest absolute Gasteiger partial charge is 0.134 e. The first kappa shape index (κ1) is 22.5. The molecule has 28 heavy (non-hydrogen) atoms. The van der Waals surface area contributed by atoms with E-state index in [9.17, 15) is 4.79 Å². The van der Waals surface area contributed by atoms with Gasteiger partial charge in [-0.1, -0.05) is 55.4 Å². The molecule has 0 bridgehead atoms. The largest absolute Gasteiger partial charge is 0.465 e. The molecule has 0 aliphatic carbocycles. The monoisotopic (exact) mass is 386 g/mol. The van der Waals surface area contributed by atoms with E-state index in [1.165, 1.54) is 11.1 Å². The van der Waals surface area contributed by atoms with E-state index in [0.29, 0.717) is 12.8 Å². The third-order valence-electron chi connectivity index (χ3n) is 5.81. The van der Waals surface area contributed by atoms with Crippen LogP contribution in [-0.2, 0) is 41.3 Å². The van der Waals surface area contributed by atoms with E-state index in [4.69, 9.17) is 8.83 Å². The van der Waals surface area contributed by atoms with Gasteiger partial charge in [-0.15, -0.1) is 0 Å². The van der Waals surface area contributed by atoms with E-state index in [-0.39, 0.29) is 16.6 Å². The van der Waals surface area contributed by atoms with Gasteiger partial charge in [-0.2, -0.15) is 0 Å². The van der Waals surface area contributed by atoms with Crippen LogP contribution in [0.2, 0.25) is 0 Å². The second-order valence-corrected chi connectivity index (χ2v) is 9.19. The standard InChI is InChI=1S/C25H38O3/c1-9-17-13-22(27-20(17)11-3)24(5,6)15-19(26)16-25(7,8)23-14-18(10-2)21(12-4)28-23/h13-14H,9-12,15-16H2,1-8H3. The molecule has 2 aromatic rings. The minimum atomic E-state index is -0.309. The lowest BCUT2D eigenvalue weighted by Crippen LogP contribution is -2.27. The molecule has 0 amide bonds. The summed E-state index contributed by atoms with van der Waals surface area (Å²) in [5.74, 6) is 4.19. The van der Waals surface area contributed by atoms with E-state index in [1.54, 1.807) is 0 Å². The highest BCUT2D eigenvalue weighted by atomic mass is 16.3. The molecule has 0 aliphatic heterocycles. The average molecular weight is 387 g/mol. The maximum Gasteiger partial charge on any atom is 0.134 e. The minimum Gasteiger partial charge on any atom is -0.465 e. The van der Waals surface area contributed by atoms with Gasteiger partial charge < -0.3 is 8.83 Å². The Morgan fingerprint density at radius 3 is 1.32 bits per heavy atom. The average Bonchev–Trinajstić information content (AvgIpc) is 3.24. The molecule has 0 N–H and O–H groups in total. The highest BCUT2D eigenvalue weighted by Gasteiger charge is 2.33. The molecule has 2 aromatic heterocycles. The predicted octanol–water partition coefficient (Wildman–Crippen LogP) is 6.73. The Morgan fingerprint density at radius 2 is 1.07 bits per heavy atom. The van der Waals surface area contributed by atoms with Gasteiger partial charge in [0.15, 0.2) is 0 Å². The number of carbonyl (C=O) groups is 1. The van der Waals surface area contributed by atoms with Crippen LogP contribution in [0.3, 0.4) is 0 Å². The van der Waals surface area contributed by atoms with Gasteiger partial charge in [0.1, 0.15) is 28.8 Å². The number of hydrogen-bond donors (Lipinski definition) is 0. The summed E-state index contributed by atoms with van der Waals surface area (Å²) in [7, 11) is 0. The van der Waals surface area contributed by atoms with Crippen LogP contribution in [0.5, 0.6) is 0 Å². The zero-order valence-electron chi connectivity index (χ0n) is 19.1. The summed E-state index contributed by atoms with van der Waals surface area (Å²) >= 11 is 0. The van der Waals surface area contributed by atoms with Crippen LogP contribution in [0, 0.1) is 0 Å². The molecule has 3 nitrogen and oxygen atoms in total. The highest BCUT2D eigenvalue weighted by Crippen LogP contribution is 2.36. The molecule has 0 unspecified atom stereocenters. The lowest BCUT2D eigenvalue weighted by Gasteiger charge is -2.25. The number of Topliss-reactive ketones (excluding diaryl/α,β-unsaturated/α-hetero) is 1. The van der Waals surface area contributed by atoms with Crippen molar-refractivity contribution in [2.45, 2.75) is 105 Å². The molecule has 0 atom stereocenters. The summed E-state index contributed by atoms with van der Waals surface area (Å²) in [4.78, 5) is 13.0. The Morgan fingerprint density at radius 1 is 0.714 bits per heavy atom. The van der Waals surface area contributed by atoms with E-state index < -0.39 is 0 Å². The highest BCUT2D eigenvalue weighted by molar-refractivity contribution is 5.81. The topological polar surface area (TPSA) is 43.4 Å². The Balaban J connectivity index is 2.15. The lowest BCUT2D eigenvalue weighted by molar-refractivity contribution is -0.121. The van der Waals surface area contributed by atoms with E-state index in [2.05, 4.69) is 67.5 Å². The summed E-state index contributed by atoms with van der Waals surface area (Å²) in [6.45, 7) is 16.9. The third kappa shape index (κ3) is 4.79. The molecule has 3 heteroatoms. The molecule has 156 valence electrons. The van der Waals surface area contributed by atoms with Crippen molar-refractivity contribution in [1.82, 2.24) is 0 Å². The Kier molecular flexibility index (Phi) is 7.01. The summed E-state index contributed by atoms with van der Waals surface area (Å²) in [6.07, 6.45) is 4.64. The Labute approximate surface area is 170 Å². The van der Waals surface area contributed by atoms with Crippen molar-refractivity contribution in [3.05, 3.63) is 46.3 Å². The zero-order chi connectivity index (χ0) is 21.1. The summed E-state index contributed by atoms with van der Waals surface area (Å²) in [5.41, 5.74) is 1.90. The van der Waals surface area contributed by atoms with Crippen molar-refractivity contribution < 1.29 is 13.6 Å². The summed E-state index contributed by atoms with van der Waals surface area (Å²) in [6, 6.07) is 4.29. The van der Waals surface area contributed by atoms with E-state index in [0.717, 1.165) is 48.7 Å². The number of carbonyl (C=O) groups excluding carboxylic acids is 1. The number of rotatable bonds is 10. The summed E-state index contributed by atoms with van der Waals surface area (Å²) < 4.78 is 12.2. The second kappa shape index (κ2) is 8.71. The maximum absolute atomic E-state index is 13.0. The van der Waals surface area contributed by atoms with E-state index >= 15 is 0 Å². The fourth-order valence-electron chi connectivity index (χ4n) is 4.02. The van der Waals surface area contributed by atoms with Gasteiger partial charge >= 0.3 is 0 Å². The van der Waals surface area contributed by atoms with Gasteiger partial charge in [0.05, 0.1) is 0 Å². The number of ketones is 1. The second-order valence-electron chi connectivity index (χ2n) is 9.19. The number of hydrogen-bond acceptors (Lipinski definition) is 3. The first-order valence-electron chi connectivity index (χ1n) is 10.8. The summed E-state index contributed by atoms with van der Waals surface area (Å²) in [5, 5.41) is 0. The first-order valence-corrected chi connectivity index (χ1v) is 10.8. The van der Waals surface area contributed by atoms with Crippen molar-refractivity contribution in [3.8, 4) is 0 Å². The van der Waals surface area contributed by atoms with Crippen molar-refractivity contribution in [2.24, 2.45) is 0 Å². The predicted molar refractivity (Wildman–Crippen MR) is 115 cm³/mol. The van der Waals surface area contributed by atoms with Gasteiger partial charge in [-0.05, 0) is 36.1 Å². The van der Waals surface area contributed by atoms with Crippen LogP contribution in [0.1, 0.15) is 102 Å². The van der Waals surface area contributed by atoms with Gasteiger partial charge in [-0.25, -0.2) is 0 Å². The molecule has 0 aliphatic rings. The molecule has 0 spiro atoms. The van der Waals surface area contributed by atoms with E-state index in [1.807, 2.05) is 0 Å². The van der Waals surface area contributed by atoms with Crippen LogP contribution in [0.15, 0.2) is 21.0 Å². The van der Waals surface area contributed by atoms with Crippen LogP contribution in [0.25, 0.3) is 0 Å². The van der Waals surface area contributed by atoms with Crippen LogP contribution in [0.4, 0.5) is 0 Å². The van der Waals surface area contributed by atoms with Gasteiger partial charge in [0.25, 0.3) is 0 Å². The molecular weight excluding hydrogens is 348 g/mol. The van der Waals surface area contributed by atoms with Crippen molar-refractivity contribution in [2.75, 3.05) is 0 Å². The molecule has 0 saturated heterocycles. The van der Waals surface area contributed by atoms with Crippen molar-refractivity contribution in [1.29, 1.82) is 0 Å². The van der Waals surface area contributed by atoms with Crippen LogP contribution >= 0.6 is 0 Å². The Hall–Kier alpha value is -1.77. The fraction of sp³-hybridized carbons (Fsp3) is 0.640. The first-order chi connectivity index (χ1) is 13.1. The molecule has 2 heterocycles. The molecular formula is C25H38O3. The number of furan rings is 2. The SMILES string of the molecule is CCc1cc(C(C)(C)CC(=O)CC(C)(C)c2cc(CC)c(CC)o2)oc1CC. The number of aryl methyl sites for hydroxylation is 4. The van der Waals surface area contributed by atoms with Gasteiger partial charge in [0.2, 0.25) is 0 Å². The van der Waals surface area contributed by atoms with Crippen LogP contribution in [-0.4, -0.2) is 5.78 Å². The van der Waals surface area contributed by atoms with Crippen molar-refractivity contribution >= 4 is 5.78 Å². The lowest BCUT2D eigenvalue weighted by atomic mass is 9.78. The molecule has 0 saturated carbocycles. The molecule has 0 aromatic carbocycles. The zero-order valence-corrected chi connectivity index (χ0v) is 19.1. The quantitative estimate of drug-likeness (QED) is 0.455. The molecule has 0 radical (unpaired) electrons.